The molecule has 0 N–H and O–H groups in total. The van der Waals surface area contributed by atoms with E-state index in [2.05, 4.69) is 46.4 Å². The van der Waals surface area contributed by atoms with Gasteiger partial charge in [-0.3, -0.25) is 4.79 Å². The second kappa shape index (κ2) is 3.98. The van der Waals surface area contributed by atoms with Gasteiger partial charge < -0.3 is 4.90 Å². The Labute approximate surface area is 112 Å². The summed E-state index contributed by atoms with van der Waals surface area (Å²) >= 11 is 0. The van der Waals surface area contributed by atoms with Gasteiger partial charge in [-0.1, -0.05) is 20.8 Å². The first-order chi connectivity index (χ1) is 8.04. The summed E-state index contributed by atoms with van der Waals surface area (Å²) in [4.78, 5) is 14.4. The van der Waals surface area contributed by atoms with Crippen molar-refractivity contribution < 1.29 is 4.79 Å². The molecule has 0 aromatic heterocycles. The van der Waals surface area contributed by atoms with E-state index in [1.54, 1.807) is 0 Å². The lowest BCUT2D eigenvalue weighted by Gasteiger charge is -2.57. The molecule has 1 amide bonds. The average Bonchev–Trinajstić information content (AvgIpc) is 2.09. The number of hydrogen-bond donors (Lipinski definition) is 0. The lowest BCUT2D eigenvalue weighted by atomic mass is 9.51. The minimum Gasteiger partial charge on any atom is -0.338 e. The number of piperidine rings is 1. The van der Waals surface area contributed by atoms with Crippen LogP contribution in [0.3, 0.4) is 0 Å². The van der Waals surface area contributed by atoms with Crippen molar-refractivity contribution in [3.8, 4) is 0 Å². The predicted molar refractivity (Wildman–Crippen MR) is 75.3 cm³/mol. The van der Waals surface area contributed by atoms with E-state index in [4.69, 9.17) is 0 Å². The second-order valence-electron chi connectivity index (χ2n) is 8.61. The molecule has 0 aromatic carbocycles. The molecular weight excluding hydrogens is 222 g/mol. The van der Waals surface area contributed by atoms with Crippen molar-refractivity contribution in [1.29, 1.82) is 0 Å². The van der Waals surface area contributed by atoms with E-state index in [-0.39, 0.29) is 5.54 Å². The molecule has 0 atom stereocenters. The Morgan fingerprint density at radius 1 is 1.11 bits per heavy atom. The van der Waals surface area contributed by atoms with Gasteiger partial charge in [-0.15, -0.1) is 0 Å². The van der Waals surface area contributed by atoms with E-state index < -0.39 is 0 Å². The van der Waals surface area contributed by atoms with Crippen LogP contribution in [0, 0.1) is 16.7 Å². The van der Waals surface area contributed by atoms with Crippen LogP contribution in [0.5, 0.6) is 0 Å². The Bertz CT molecular complexity index is 339. The van der Waals surface area contributed by atoms with Gasteiger partial charge in [-0.25, -0.2) is 0 Å². The highest BCUT2D eigenvalue weighted by Gasteiger charge is 2.52. The summed E-state index contributed by atoms with van der Waals surface area (Å²) < 4.78 is 0. The zero-order valence-electron chi connectivity index (χ0n) is 13.0. The predicted octanol–water partition coefficient (Wildman–Crippen LogP) is 3.85. The molecule has 1 spiro atoms. The third-order valence-electron chi connectivity index (χ3n) is 5.09. The molecule has 1 aliphatic carbocycles. The van der Waals surface area contributed by atoms with Crippen LogP contribution in [-0.2, 0) is 4.79 Å². The largest absolute Gasteiger partial charge is 0.338 e. The lowest BCUT2D eigenvalue weighted by Crippen LogP contribution is -2.56. The SMILES string of the molecule is CC(C)(C)C1CC2(CCN(C(C)(C)C)C(=O)C2)C1. The van der Waals surface area contributed by atoms with E-state index in [0.717, 1.165) is 18.9 Å². The summed E-state index contributed by atoms with van der Waals surface area (Å²) in [5.41, 5.74) is 0.762. The number of amides is 1. The molecule has 2 rings (SSSR count). The van der Waals surface area contributed by atoms with Crippen LogP contribution in [-0.4, -0.2) is 22.9 Å². The topological polar surface area (TPSA) is 20.3 Å². The van der Waals surface area contributed by atoms with Crippen molar-refractivity contribution in [3.05, 3.63) is 0 Å². The van der Waals surface area contributed by atoms with Gasteiger partial charge in [0, 0.05) is 18.5 Å². The minimum absolute atomic E-state index is 0.00807. The average molecular weight is 251 g/mol. The molecule has 1 saturated carbocycles. The fraction of sp³-hybridized carbons (Fsp3) is 0.938. The summed E-state index contributed by atoms with van der Waals surface area (Å²) in [5, 5.41) is 0. The number of carbonyl (C=O) groups excluding carboxylic acids is 1. The van der Waals surface area contributed by atoms with Gasteiger partial charge in [0.05, 0.1) is 0 Å². The van der Waals surface area contributed by atoms with Crippen molar-refractivity contribution in [3.63, 3.8) is 0 Å². The van der Waals surface area contributed by atoms with Gasteiger partial charge >= 0.3 is 0 Å². The van der Waals surface area contributed by atoms with Crippen molar-refractivity contribution >= 4 is 5.91 Å². The Kier molecular flexibility index (Phi) is 3.07. The fourth-order valence-corrected chi connectivity index (χ4v) is 3.63. The molecule has 2 heteroatoms. The molecule has 1 saturated heterocycles. The van der Waals surface area contributed by atoms with Crippen LogP contribution in [0.15, 0.2) is 0 Å². The smallest absolute Gasteiger partial charge is 0.223 e. The third-order valence-corrected chi connectivity index (χ3v) is 5.09. The summed E-state index contributed by atoms with van der Waals surface area (Å²) in [5.74, 6) is 1.19. The van der Waals surface area contributed by atoms with E-state index in [1.165, 1.54) is 19.3 Å². The first-order valence-corrected chi connectivity index (χ1v) is 7.34. The number of carbonyl (C=O) groups is 1. The van der Waals surface area contributed by atoms with Gasteiger partial charge in [0.1, 0.15) is 0 Å². The number of rotatable bonds is 0. The number of likely N-dealkylation sites (tertiary alicyclic amines) is 1. The number of hydrogen-bond acceptors (Lipinski definition) is 1. The third kappa shape index (κ3) is 2.44. The molecular formula is C16H29NO. The maximum absolute atomic E-state index is 12.3. The summed E-state index contributed by atoms with van der Waals surface area (Å²) in [7, 11) is 0. The van der Waals surface area contributed by atoms with E-state index >= 15 is 0 Å². The van der Waals surface area contributed by atoms with Crippen LogP contribution >= 0.6 is 0 Å². The van der Waals surface area contributed by atoms with Crippen LogP contribution in [0.25, 0.3) is 0 Å². The van der Waals surface area contributed by atoms with E-state index in [0.29, 0.717) is 16.7 Å². The van der Waals surface area contributed by atoms with Crippen molar-refractivity contribution in [1.82, 2.24) is 4.90 Å². The van der Waals surface area contributed by atoms with Crippen molar-refractivity contribution in [2.75, 3.05) is 6.54 Å². The van der Waals surface area contributed by atoms with Crippen LogP contribution < -0.4 is 0 Å². The maximum atomic E-state index is 12.3. The Morgan fingerprint density at radius 2 is 1.67 bits per heavy atom. The zero-order chi connectivity index (χ0) is 13.8. The van der Waals surface area contributed by atoms with Gasteiger partial charge in [0.25, 0.3) is 0 Å². The van der Waals surface area contributed by atoms with Crippen LogP contribution in [0.2, 0.25) is 0 Å². The number of nitrogens with zero attached hydrogens (tertiary/aromatic N) is 1. The monoisotopic (exact) mass is 251 g/mol. The zero-order valence-corrected chi connectivity index (χ0v) is 13.0. The molecule has 1 aliphatic heterocycles. The molecule has 2 aliphatic rings. The highest BCUT2D eigenvalue weighted by molar-refractivity contribution is 5.78. The summed E-state index contributed by atoms with van der Waals surface area (Å²) in [6.45, 7) is 14.4. The van der Waals surface area contributed by atoms with Gasteiger partial charge in [0.2, 0.25) is 5.91 Å². The minimum atomic E-state index is -0.00807. The van der Waals surface area contributed by atoms with Gasteiger partial charge in [-0.05, 0) is 56.8 Å². The summed E-state index contributed by atoms with van der Waals surface area (Å²) in [6.07, 6.45) is 4.53. The Balaban J connectivity index is 1.97. The normalized spacial score (nSPS) is 33.8. The first-order valence-electron chi connectivity index (χ1n) is 7.34. The highest BCUT2D eigenvalue weighted by atomic mass is 16.2. The van der Waals surface area contributed by atoms with E-state index in [1.807, 2.05) is 0 Å². The van der Waals surface area contributed by atoms with Crippen molar-refractivity contribution in [2.45, 2.75) is 72.8 Å². The van der Waals surface area contributed by atoms with Gasteiger partial charge in [0.15, 0.2) is 0 Å². The second-order valence-corrected chi connectivity index (χ2v) is 8.61. The molecule has 0 unspecified atom stereocenters. The maximum Gasteiger partial charge on any atom is 0.223 e. The summed E-state index contributed by atoms with van der Waals surface area (Å²) in [6, 6.07) is 0. The Hall–Kier alpha value is -0.530. The Morgan fingerprint density at radius 3 is 2.06 bits per heavy atom. The molecule has 0 bridgehead atoms. The molecule has 2 nitrogen and oxygen atoms in total. The highest BCUT2D eigenvalue weighted by Crippen LogP contribution is 2.58. The van der Waals surface area contributed by atoms with E-state index in [9.17, 15) is 4.79 Å². The molecule has 18 heavy (non-hydrogen) atoms. The van der Waals surface area contributed by atoms with Crippen LogP contribution in [0.4, 0.5) is 0 Å². The quantitative estimate of drug-likeness (QED) is 0.640. The molecule has 0 radical (unpaired) electrons. The molecule has 0 aromatic rings. The molecule has 1 heterocycles. The van der Waals surface area contributed by atoms with Crippen LogP contribution in [0.1, 0.15) is 67.2 Å². The molecule has 2 fully saturated rings. The first kappa shape index (κ1) is 13.9. The van der Waals surface area contributed by atoms with Gasteiger partial charge in [-0.2, -0.15) is 0 Å². The fourth-order valence-electron chi connectivity index (χ4n) is 3.63. The standard InChI is InChI=1S/C16H29NO/c1-14(2,3)12-9-16(10-12)7-8-17(13(18)11-16)15(4,5)6/h12H,7-11H2,1-6H3. The van der Waals surface area contributed by atoms with Crippen molar-refractivity contribution in [2.24, 2.45) is 16.7 Å². The molecule has 104 valence electrons. The lowest BCUT2D eigenvalue weighted by molar-refractivity contribution is -0.152.